The zero-order chi connectivity index (χ0) is 17.5. The fraction of sp³-hybridized carbons (Fsp3) is 0.333. The molecule has 0 aliphatic carbocycles. The van der Waals surface area contributed by atoms with Gasteiger partial charge in [-0.05, 0) is 19.1 Å². The topological polar surface area (TPSA) is 67.6 Å². The van der Waals surface area contributed by atoms with E-state index in [-0.39, 0.29) is 11.8 Å². The maximum absolute atomic E-state index is 11.5. The summed E-state index contributed by atoms with van der Waals surface area (Å²) in [5.74, 6) is 0.0847. The molecule has 0 N–H and O–H groups in total. The van der Waals surface area contributed by atoms with Gasteiger partial charge in [-0.25, -0.2) is 17.9 Å². The molecular weight excluding hydrogens is 368 g/mol. The zero-order valence-corrected chi connectivity index (χ0v) is 15.9. The highest BCUT2D eigenvalue weighted by atomic mass is 35.5. The molecule has 3 aromatic rings. The van der Waals surface area contributed by atoms with Gasteiger partial charge in [0, 0.05) is 29.9 Å². The highest BCUT2D eigenvalue weighted by Crippen LogP contribution is 2.27. The molecule has 0 aliphatic heterocycles. The number of halogens is 1. The summed E-state index contributed by atoms with van der Waals surface area (Å²) in [5, 5.41) is 5.92. The lowest BCUT2D eigenvalue weighted by molar-refractivity contribution is 0.593. The molecule has 0 spiro atoms. The summed E-state index contributed by atoms with van der Waals surface area (Å²) in [4.78, 5) is 7.20. The van der Waals surface area contributed by atoms with Gasteiger partial charge in [0.2, 0.25) is 10.1 Å². The lowest BCUT2D eigenvalue weighted by Gasteiger charge is -2.22. The Balaban J connectivity index is 1.85. The molecule has 0 fully saturated rings. The van der Waals surface area contributed by atoms with Gasteiger partial charge in [0.25, 0.3) is 0 Å². The molecule has 0 bridgehead atoms. The van der Waals surface area contributed by atoms with Gasteiger partial charge in [-0.2, -0.15) is 0 Å². The molecule has 1 unspecified atom stereocenters. The highest BCUT2D eigenvalue weighted by Gasteiger charge is 2.19. The lowest BCUT2D eigenvalue weighted by atomic mass is 10.2. The van der Waals surface area contributed by atoms with Crippen molar-refractivity contribution in [2.24, 2.45) is 0 Å². The summed E-state index contributed by atoms with van der Waals surface area (Å²) >= 11 is 7.33. The number of anilines is 1. The molecule has 0 saturated carbocycles. The molecule has 0 aliphatic rings. The van der Waals surface area contributed by atoms with E-state index in [1.165, 1.54) is 17.6 Å². The summed E-state index contributed by atoms with van der Waals surface area (Å²) in [5.41, 5.74) is 1.79. The van der Waals surface area contributed by atoms with Gasteiger partial charge in [-0.3, -0.25) is 0 Å². The first-order valence-corrected chi connectivity index (χ1v) is 10.5. The Morgan fingerprint density at radius 2 is 2.00 bits per heavy atom. The summed E-state index contributed by atoms with van der Waals surface area (Å²) in [7, 11) is -1.20. The molecule has 9 heteroatoms. The third-order valence-corrected chi connectivity index (χ3v) is 6.03. The van der Waals surface area contributed by atoms with Gasteiger partial charge in [0.15, 0.2) is 0 Å². The number of aromatic nitrogens is 3. The van der Waals surface area contributed by atoms with Crippen LogP contribution in [0.1, 0.15) is 6.92 Å². The Kier molecular flexibility index (Phi) is 4.54. The molecule has 0 saturated heterocycles. The minimum atomic E-state index is -3.04. The number of nitrogens with zero attached hydrogens (tertiary/aromatic N) is 4. The number of sulfone groups is 1. The molecule has 0 amide bonds. The molecule has 6 nitrogen and oxygen atoms in total. The van der Waals surface area contributed by atoms with Gasteiger partial charge < -0.3 is 4.90 Å². The molecule has 128 valence electrons. The number of hydrogen-bond acceptors (Lipinski definition) is 6. The number of imidazole rings is 1. The Morgan fingerprint density at radius 1 is 1.33 bits per heavy atom. The first-order valence-electron chi connectivity index (χ1n) is 7.25. The van der Waals surface area contributed by atoms with Crippen molar-refractivity contribution in [2.75, 3.05) is 24.0 Å². The van der Waals surface area contributed by atoms with Gasteiger partial charge in [0.1, 0.15) is 9.84 Å². The van der Waals surface area contributed by atoms with Crippen LogP contribution in [-0.4, -0.2) is 48.1 Å². The average molecular weight is 385 g/mol. The monoisotopic (exact) mass is 384 g/mol. The molecule has 0 radical (unpaired) electrons. The fourth-order valence-electron chi connectivity index (χ4n) is 2.33. The Bertz CT molecular complexity index is 932. The van der Waals surface area contributed by atoms with Crippen LogP contribution >= 0.6 is 22.9 Å². The maximum atomic E-state index is 11.5. The smallest absolute Gasteiger partial charge is 0.214 e. The largest absolute Gasteiger partial charge is 0.346 e. The Hall–Kier alpha value is -1.64. The van der Waals surface area contributed by atoms with Crippen LogP contribution in [0.5, 0.6) is 0 Å². The molecule has 2 aromatic heterocycles. The van der Waals surface area contributed by atoms with Crippen molar-refractivity contribution in [2.45, 2.75) is 13.0 Å². The van der Waals surface area contributed by atoms with Crippen molar-refractivity contribution in [3.63, 3.8) is 0 Å². The van der Waals surface area contributed by atoms with Gasteiger partial charge in [-0.1, -0.05) is 35.1 Å². The number of hydrogen-bond donors (Lipinski definition) is 0. The zero-order valence-electron chi connectivity index (χ0n) is 13.5. The normalized spacial score (nSPS) is 13.3. The molecule has 1 aromatic carbocycles. The van der Waals surface area contributed by atoms with Crippen molar-refractivity contribution >= 4 is 42.9 Å². The molecular formula is C15H17ClN4O2S2. The first kappa shape index (κ1) is 17.2. The quantitative estimate of drug-likeness (QED) is 0.676. The predicted octanol–water partition coefficient (Wildman–Crippen LogP) is 2.98. The van der Waals surface area contributed by atoms with Crippen LogP contribution in [0.2, 0.25) is 5.02 Å². The second-order valence-corrected chi connectivity index (χ2v) is 9.35. The van der Waals surface area contributed by atoms with Crippen LogP contribution in [0.3, 0.4) is 0 Å². The standard InChI is InChI=1S/C15H17ClN4O2S2/c1-10(9-24(3,21)22)19(2)15-18-20-8-13(17-14(20)23-15)11-4-6-12(16)7-5-11/h4-8,10H,9H2,1-3H3. The van der Waals surface area contributed by atoms with Crippen molar-refractivity contribution in [3.05, 3.63) is 35.5 Å². The summed E-state index contributed by atoms with van der Waals surface area (Å²) in [6.45, 7) is 1.87. The van der Waals surface area contributed by atoms with Crippen LogP contribution in [-0.2, 0) is 9.84 Å². The predicted molar refractivity (Wildman–Crippen MR) is 98.9 cm³/mol. The SMILES string of the molecule is CC(CS(C)(=O)=O)N(C)c1nn2cc(-c3ccc(Cl)cc3)nc2s1. The van der Waals surface area contributed by atoms with E-state index in [0.29, 0.717) is 5.02 Å². The Labute approximate surface area is 149 Å². The molecule has 1 atom stereocenters. The minimum absolute atomic E-state index is 0.0847. The highest BCUT2D eigenvalue weighted by molar-refractivity contribution is 7.90. The maximum Gasteiger partial charge on any atom is 0.214 e. The van der Waals surface area contributed by atoms with E-state index in [9.17, 15) is 8.42 Å². The second-order valence-electron chi connectivity index (χ2n) is 5.80. The van der Waals surface area contributed by atoms with Crippen molar-refractivity contribution in [3.8, 4) is 11.3 Å². The Morgan fingerprint density at radius 3 is 2.58 bits per heavy atom. The lowest BCUT2D eigenvalue weighted by Crippen LogP contribution is -2.34. The van der Waals surface area contributed by atoms with Gasteiger partial charge in [0.05, 0.1) is 17.6 Å². The minimum Gasteiger partial charge on any atom is -0.346 e. The van der Waals surface area contributed by atoms with E-state index >= 15 is 0 Å². The average Bonchev–Trinajstić information content (AvgIpc) is 3.03. The van der Waals surface area contributed by atoms with E-state index in [2.05, 4.69) is 10.1 Å². The van der Waals surface area contributed by atoms with Gasteiger partial charge in [-0.15, -0.1) is 5.10 Å². The van der Waals surface area contributed by atoms with Crippen LogP contribution in [0.15, 0.2) is 30.5 Å². The van der Waals surface area contributed by atoms with Crippen LogP contribution in [0.4, 0.5) is 5.13 Å². The molecule has 2 heterocycles. The summed E-state index contributed by atoms with van der Waals surface area (Å²) < 4.78 is 24.6. The number of benzene rings is 1. The van der Waals surface area contributed by atoms with Crippen LogP contribution < -0.4 is 4.90 Å². The van der Waals surface area contributed by atoms with E-state index in [0.717, 1.165) is 21.3 Å². The van der Waals surface area contributed by atoms with Crippen molar-refractivity contribution < 1.29 is 8.42 Å². The van der Waals surface area contributed by atoms with E-state index in [4.69, 9.17) is 11.6 Å². The summed E-state index contributed by atoms with van der Waals surface area (Å²) in [6, 6.07) is 7.31. The van der Waals surface area contributed by atoms with E-state index in [1.54, 1.807) is 4.52 Å². The van der Waals surface area contributed by atoms with Crippen molar-refractivity contribution in [1.82, 2.24) is 14.6 Å². The second kappa shape index (κ2) is 6.34. The fourth-order valence-corrected chi connectivity index (χ4v) is 4.50. The molecule has 24 heavy (non-hydrogen) atoms. The number of rotatable bonds is 5. The van der Waals surface area contributed by atoms with Crippen molar-refractivity contribution in [1.29, 1.82) is 0 Å². The van der Waals surface area contributed by atoms with Crippen LogP contribution in [0.25, 0.3) is 16.2 Å². The number of fused-ring (bicyclic) bond motifs is 1. The third kappa shape index (κ3) is 3.71. The third-order valence-electron chi connectivity index (χ3n) is 3.68. The summed E-state index contributed by atoms with van der Waals surface area (Å²) in [6.07, 6.45) is 3.10. The van der Waals surface area contributed by atoms with Gasteiger partial charge >= 0.3 is 0 Å². The van der Waals surface area contributed by atoms with E-state index in [1.807, 2.05) is 49.3 Å². The first-order chi connectivity index (χ1) is 11.2. The van der Waals surface area contributed by atoms with E-state index < -0.39 is 9.84 Å². The molecule has 3 rings (SSSR count). The van der Waals surface area contributed by atoms with Crippen LogP contribution in [0, 0.1) is 0 Å².